The summed E-state index contributed by atoms with van der Waals surface area (Å²) in [6.07, 6.45) is 8.26. The molecule has 25 heteroatoms. The van der Waals surface area contributed by atoms with E-state index in [0.29, 0.717) is 66.2 Å². The predicted octanol–water partition coefficient (Wildman–Crippen LogP) is 4.26. The Kier molecular flexibility index (Phi) is 16.6. The molecule has 0 aliphatic carbocycles. The number of ether oxygens (including phenoxy) is 2. The third kappa shape index (κ3) is 10.6. The molecule has 6 aromatic heterocycles. The number of aliphatic carboxylic acids is 1. The lowest BCUT2D eigenvalue weighted by atomic mass is 10.0. The maximum absolute atomic E-state index is 14.1. The Bertz CT molecular complexity index is 3670. The van der Waals surface area contributed by atoms with Gasteiger partial charge >= 0.3 is 17.3 Å². The molecule has 2 saturated heterocycles. The highest BCUT2D eigenvalue weighted by molar-refractivity contribution is 7.21. The number of rotatable bonds is 14. The van der Waals surface area contributed by atoms with Crippen molar-refractivity contribution >= 4 is 55.0 Å². The van der Waals surface area contributed by atoms with Crippen molar-refractivity contribution < 1.29 is 34.4 Å². The summed E-state index contributed by atoms with van der Waals surface area (Å²) in [7, 11) is 2.98. The van der Waals surface area contributed by atoms with Crippen LogP contribution in [0.25, 0.3) is 30.4 Å². The van der Waals surface area contributed by atoms with Crippen LogP contribution in [0.1, 0.15) is 87.8 Å². The molecule has 408 valence electrons. The van der Waals surface area contributed by atoms with Gasteiger partial charge in [0.2, 0.25) is 5.91 Å². The van der Waals surface area contributed by atoms with Gasteiger partial charge in [0.15, 0.2) is 0 Å². The third-order valence-electron chi connectivity index (χ3n) is 13.8. The van der Waals surface area contributed by atoms with Crippen LogP contribution in [0.5, 0.6) is 11.5 Å². The van der Waals surface area contributed by atoms with Gasteiger partial charge in [-0.1, -0.05) is 59.1 Å². The SMILES string of the molecule is C1CCNC1.COc1ccccc1[C@@H](O)Cn1c(=O)n(C(C)(C)C(=O)N2CCCC2)c(=O)c2c(C)c(-n3nccn3)sc21.COc1ccccc1[C@@H](O)Cn1c(=O)n(C(C)(C)C(=O)O)c(=O)c2c(C)c(-n3nccn3)sc21. The zero-order chi connectivity index (χ0) is 55.5. The number of nitrogens with one attached hydrogen (secondary N) is 1. The molecule has 0 spiro atoms. The zero-order valence-electron chi connectivity index (χ0n) is 44.0. The highest BCUT2D eigenvalue weighted by Gasteiger charge is 2.40. The summed E-state index contributed by atoms with van der Waals surface area (Å²) < 4.78 is 15.1. The molecular weight excluding hydrogens is 1030 g/mol. The highest BCUT2D eigenvalue weighted by atomic mass is 32.1. The Morgan fingerprint density at radius 2 is 1.03 bits per heavy atom. The van der Waals surface area contributed by atoms with Gasteiger partial charge in [0.1, 0.15) is 54.4 Å². The Hall–Kier alpha value is -7.58. The van der Waals surface area contributed by atoms with Crippen molar-refractivity contribution in [2.24, 2.45) is 0 Å². The van der Waals surface area contributed by atoms with Gasteiger partial charge in [0.25, 0.3) is 11.1 Å². The van der Waals surface area contributed by atoms with E-state index in [2.05, 4.69) is 25.7 Å². The number of para-hydroxylation sites is 2. The summed E-state index contributed by atoms with van der Waals surface area (Å²) in [5, 5.41) is 53.4. The first-order chi connectivity index (χ1) is 36.8. The number of aliphatic hydroxyl groups is 2. The quantitative estimate of drug-likeness (QED) is 0.118. The molecule has 2 atom stereocenters. The number of aryl methyl sites for hydroxylation is 2. The van der Waals surface area contributed by atoms with Crippen LogP contribution in [0, 0.1) is 13.8 Å². The van der Waals surface area contributed by atoms with E-state index in [4.69, 9.17) is 9.47 Å². The zero-order valence-corrected chi connectivity index (χ0v) is 45.6. The molecule has 0 unspecified atom stereocenters. The van der Waals surface area contributed by atoms with Gasteiger partial charge in [-0.2, -0.15) is 20.4 Å². The van der Waals surface area contributed by atoms with Crippen LogP contribution < -0.4 is 37.3 Å². The van der Waals surface area contributed by atoms with E-state index in [1.807, 2.05) is 0 Å². The number of carbonyl (C=O) groups excluding carboxylic acids is 1. The average molecular weight is 1100 g/mol. The molecule has 1 amide bonds. The van der Waals surface area contributed by atoms with Gasteiger partial charge in [0, 0.05) is 35.3 Å². The van der Waals surface area contributed by atoms with Crippen LogP contribution in [0.15, 0.2) is 92.5 Å². The topological polar surface area (TPSA) is 278 Å². The summed E-state index contributed by atoms with van der Waals surface area (Å²) in [6, 6.07) is 13.8. The minimum atomic E-state index is -1.84. The molecule has 2 aromatic carbocycles. The third-order valence-corrected chi connectivity index (χ3v) is 16.4. The number of carboxylic acids is 1. The Morgan fingerprint density at radius 3 is 1.39 bits per heavy atom. The highest BCUT2D eigenvalue weighted by Crippen LogP contribution is 2.35. The van der Waals surface area contributed by atoms with Crippen LogP contribution >= 0.6 is 22.7 Å². The number of fused-ring (bicyclic) bond motifs is 2. The second kappa shape index (κ2) is 22.9. The van der Waals surface area contributed by atoms with Crippen molar-refractivity contribution in [1.82, 2.24) is 58.5 Å². The number of likely N-dealkylation sites (tertiary alicyclic amines) is 1. The maximum Gasteiger partial charge on any atom is 0.333 e. The number of hydrogen-bond donors (Lipinski definition) is 4. The fraction of sp³-hybridized carbons (Fsp3) is 0.423. The first-order valence-electron chi connectivity index (χ1n) is 24.9. The minimum Gasteiger partial charge on any atom is -0.496 e. The molecule has 0 saturated carbocycles. The summed E-state index contributed by atoms with van der Waals surface area (Å²) in [4.78, 5) is 85.7. The molecule has 2 aliphatic heterocycles. The fourth-order valence-corrected chi connectivity index (χ4v) is 12.0. The van der Waals surface area contributed by atoms with E-state index in [1.54, 1.807) is 81.1 Å². The van der Waals surface area contributed by atoms with Crippen molar-refractivity contribution in [3.05, 3.63) is 137 Å². The minimum absolute atomic E-state index is 0.157. The van der Waals surface area contributed by atoms with Crippen molar-refractivity contribution in [1.29, 1.82) is 0 Å². The number of aromatic nitrogens is 10. The van der Waals surface area contributed by atoms with Crippen LogP contribution in [0.4, 0.5) is 0 Å². The molecule has 77 heavy (non-hydrogen) atoms. The van der Waals surface area contributed by atoms with E-state index in [1.165, 1.54) is 109 Å². The number of hydrogen-bond acceptors (Lipinski definition) is 17. The first-order valence-corrected chi connectivity index (χ1v) is 26.6. The van der Waals surface area contributed by atoms with Gasteiger partial charge in [-0.3, -0.25) is 23.5 Å². The predicted molar refractivity (Wildman–Crippen MR) is 290 cm³/mol. The van der Waals surface area contributed by atoms with Crippen LogP contribution in [-0.2, 0) is 33.8 Å². The number of methoxy groups -OCH3 is 2. The summed E-state index contributed by atoms with van der Waals surface area (Å²) in [6.45, 7) is 12.5. The standard InChI is InChI=1S/C26H30N6O5S.C22H23N5O6S.C4H9N/c1-16-20-21(34)31(26(2,3)24(35)29-13-7-8-14-29)25(36)30(23(20)38-22(16)32-27-11-12-28-32)15-18(33)17-9-5-6-10-19(17)37-4;1-12-16-17(29)26(22(2,3)20(30)31)21(32)25(19(16)34-18(12)27-23-9-10-24-27)11-14(28)13-7-5-6-8-15(13)33-4;1-2-4-5-3-1/h5-6,9-12,18,33H,7-8,13-15H2,1-4H3;5-10,14,28H,11H2,1-4H3,(H,30,31);5H,1-4H2/t18-;14-;/m00./s1. The molecule has 2 aliphatic rings. The molecule has 4 N–H and O–H groups in total. The van der Waals surface area contributed by atoms with Gasteiger partial charge in [0.05, 0.1) is 62.9 Å². The van der Waals surface area contributed by atoms with Crippen LogP contribution in [0.3, 0.4) is 0 Å². The second-order valence-electron chi connectivity index (χ2n) is 19.5. The van der Waals surface area contributed by atoms with Gasteiger partial charge in [-0.25, -0.2) is 23.5 Å². The monoisotopic (exact) mass is 1090 g/mol. The molecule has 8 aromatic rings. The van der Waals surface area contributed by atoms with Crippen molar-refractivity contribution in [3.8, 4) is 21.5 Å². The van der Waals surface area contributed by atoms with Crippen molar-refractivity contribution in [2.75, 3.05) is 40.4 Å². The van der Waals surface area contributed by atoms with Crippen LogP contribution in [0.2, 0.25) is 0 Å². The summed E-state index contributed by atoms with van der Waals surface area (Å²) in [5.74, 6) is -0.717. The number of aliphatic hydroxyl groups excluding tert-OH is 2. The fourth-order valence-electron chi connectivity index (χ4n) is 9.55. The smallest absolute Gasteiger partial charge is 0.333 e. The van der Waals surface area contributed by atoms with E-state index < -0.39 is 51.8 Å². The molecule has 10 rings (SSSR count). The molecule has 0 bridgehead atoms. The lowest BCUT2D eigenvalue weighted by molar-refractivity contribution is -0.146. The first kappa shape index (κ1) is 55.6. The van der Waals surface area contributed by atoms with Crippen LogP contribution in [-0.4, -0.2) is 121 Å². The maximum atomic E-state index is 14.1. The molecule has 8 heterocycles. The number of benzene rings is 2. The van der Waals surface area contributed by atoms with Gasteiger partial charge < -0.3 is 35.0 Å². The number of carbonyl (C=O) groups is 2. The summed E-state index contributed by atoms with van der Waals surface area (Å²) in [5.41, 5.74) is -4.05. The van der Waals surface area contributed by atoms with Crippen molar-refractivity contribution in [3.63, 3.8) is 0 Å². The lowest BCUT2D eigenvalue weighted by Gasteiger charge is -2.31. The average Bonchev–Trinajstić information content (AvgIpc) is 4.36. The Morgan fingerprint density at radius 1 is 0.636 bits per heavy atom. The van der Waals surface area contributed by atoms with E-state index in [0.717, 1.165) is 28.7 Å². The second-order valence-corrected chi connectivity index (χ2v) is 21.5. The molecular formula is C52H62N12O11S2. The molecule has 0 radical (unpaired) electrons. The molecule has 23 nitrogen and oxygen atoms in total. The van der Waals surface area contributed by atoms with Gasteiger partial charge in [-0.05, 0) is 92.4 Å². The molecule has 2 fully saturated rings. The lowest BCUT2D eigenvalue weighted by Crippen LogP contribution is -2.56. The number of thiophene rings is 2. The van der Waals surface area contributed by atoms with Gasteiger partial charge in [-0.15, -0.1) is 9.59 Å². The van der Waals surface area contributed by atoms with E-state index in [-0.39, 0.29) is 34.6 Å². The Balaban J connectivity index is 0.000000187. The number of nitrogens with zero attached hydrogens (tertiary/aromatic N) is 11. The number of amides is 1. The Labute approximate surface area is 448 Å². The summed E-state index contributed by atoms with van der Waals surface area (Å²) >= 11 is 2.30. The normalized spacial score (nSPS) is 14.5. The van der Waals surface area contributed by atoms with Crippen molar-refractivity contribution in [2.45, 2.75) is 104 Å². The van der Waals surface area contributed by atoms with E-state index in [9.17, 15) is 44.1 Å². The van der Waals surface area contributed by atoms with E-state index >= 15 is 0 Å². The number of carboxylic acid groups (broad SMARTS) is 1. The largest absolute Gasteiger partial charge is 0.496 e.